The molecule has 0 aliphatic heterocycles. The van der Waals surface area contributed by atoms with E-state index >= 15 is 0 Å². The van der Waals surface area contributed by atoms with Crippen molar-refractivity contribution < 1.29 is 17.6 Å². The number of alkyl halides is 3. The maximum absolute atomic E-state index is 13.5. The van der Waals surface area contributed by atoms with Gasteiger partial charge < -0.3 is 5.32 Å². The molecule has 0 spiro atoms. The van der Waals surface area contributed by atoms with E-state index < -0.39 is 23.7 Å². The lowest BCUT2D eigenvalue weighted by atomic mass is 9.97. The average molecular weight is 364 g/mol. The lowest BCUT2D eigenvalue weighted by molar-refractivity contribution is -0.138. The Balaban J connectivity index is 2.03. The molecule has 0 aliphatic carbocycles. The van der Waals surface area contributed by atoms with Crippen LogP contribution in [-0.4, -0.2) is 15.0 Å². The minimum atomic E-state index is -4.42. The Morgan fingerprint density at radius 1 is 1.12 bits per heavy atom. The highest BCUT2D eigenvalue weighted by molar-refractivity contribution is 5.88. The summed E-state index contributed by atoms with van der Waals surface area (Å²) in [4.78, 5) is 12.0. The summed E-state index contributed by atoms with van der Waals surface area (Å²) >= 11 is 0. The van der Waals surface area contributed by atoms with Gasteiger partial charge in [0, 0.05) is 11.5 Å². The molecule has 0 amide bonds. The van der Waals surface area contributed by atoms with E-state index in [4.69, 9.17) is 0 Å². The van der Waals surface area contributed by atoms with E-state index in [0.29, 0.717) is 28.1 Å². The topological polar surface area (TPSA) is 50.7 Å². The van der Waals surface area contributed by atoms with Gasteiger partial charge in [0.2, 0.25) is 5.95 Å². The highest BCUT2D eigenvalue weighted by Crippen LogP contribution is 2.35. The molecule has 0 saturated carbocycles. The summed E-state index contributed by atoms with van der Waals surface area (Å²) in [6.45, 7) is 4.83. The molecule has 4 nitrogen and oxygen atoms in total. The fraction of sp³-hybridized carbons (Fsp3) is 0.278. The van der Waals surface area contributed by atoms with E-state index in [1.54, 1.807) is 19.9 Å². The van der Waals surface area contributed by atoms with Gasteiger partial charge in [-0.2, -0.15) is 17.6 Å². The van der Waals surface area contributed by atoms with E-state index in [1.807, 2.05) is 0 Å². The van der Waals surface area contributed by atoms with Crippen molar-refractivity contribution in [3.63, 3.8) is 0 Å². The Morgan fingerprint density at radius 3 is 2.54 bits per heavy atom. The predicted octanol–water partition coefficient (Wildman–Crippen LogP) is 4.97. The van der Waals surface area contributed by atoms with Gasteiger partial charge in [-0.25, -0.2) is 15.0 Å². The van der Waals surface area contributed by atoms with Crippen LogP contribution in [0, 0.1) is 19.8 Å². The zero-order valence-electron chi connectivity index (χ0n) is 14.3. The third-order valence-electron chi connectivity index (χ3n) is 4.16. The first-order valence-electron chi connectivity index (χ1n) is 7.90. The summed E-state index contributed by atoms with van der Waals surface area (Å²) in [5, 5.41) is 3.49. The number of fused-ring (bicyclic) bond motifs is 1. The highest BCUT2D eigenvalue weighted by Gasteiger charge is 2.33. The molecule has 1 N–H and O–H groups in total. The van der Waals surface area contributed by atoms with Gasteiger partial charge in [-0.3, -0.25) is 0 Å². The molecule has 0 aliphatic rings. The Labute approximate surface area is 147 Å². The molecule has 3 rings (SSSR count). The zero-order valence-corrected chi connectivity index (χ0v) is 14.3. The molecule has 1 unspecified atom stereocenters. The number of nitrogens with one attached hydrogen (secondary N) is 1. The number of pyridine rings is 1. The first-order valence-corrected chi connectivity index (χ1v) is 7.90. The zero-order chi connectivity index (χ0) is 19.1. The maximum atomic E-state index is 13.5. The van der Waals surface area contributed by atoms with Crippen molar-refractivity contribution in [3.05, 3.63) is 58.9 Å². The second-order valence-corrected chi connectivity index (χ2v) is 6.03. The van der Waals surface area contributed by atoms with Crippen molar-refractivity contribution in [1.29, 1.82) is 0 Å². The average Bonchev–Trinajstić information content (AvgIpc) is 2.54. The van der Waals surface area contributed by atoms with Crippen molar-refractivity contribution in [3.8, 4) is 0 Å². The van der Waals surface area contributed by atoms with Crippen LogP contribution in [0.5, 0.6) is 0 Å². The van der Waals surface area contributed by atoms with Gasteiger partial charge >= 0.3 is 6.18 Å². The van der Waals surface area contributed by atoms with E-state index in [1.165, 1.54) is 25.3 Å². The van der Waals surface area contributed by atoms with Gasteiger partial charge in [-0.05, 0) is 38.0 Å². The Kier molecular flexibility index (Phi) is 4.52. The fourth-order valence-corrected chi connectivity index (χ4v) is 2.95. The lowest BCUT2D eigenvalue weighted by Crippen LogP contribution is -2.14. The van der Waals surface area contributed by atoms with Gasteiger partial charge in [0.25, 0.3) is 0 Å². The van der Waals surface area contributed by atoms with Crippen LogP contribution in [-0.2, 0) is 6.18 Å². The molecule has 2 aromatic heterocycles. The van der Waals surface area contributed by atoms with Crippen molar-refractivity contribution in [2.24, 2.45) is 0 Å². The summed E-state index contributed by atoms with van der Waals surface area (Å²) in [7, 11) is 0. The van der Waals surface area contributed by atoms with E-state index in [9.17, 15) is 17.6 Å². The SMILES string of the molecule is Cc1nc(NC(C)c2cccc(C(F)(F)F)c2C)c2cc(F)ncc2n1. The molecule has 1 aromatic carbocycles. The molecule has 0 fully saturated rings. The monoisotopic (exact) mass is 364 g/mol. The number of anilines is 1. The van der Waals surface area contributed by atoms with Gasteiger partial charge in [0.15, 0.2) is 0 Å². The van der Waals surface area contributed by atoms with Crippen LogP contribution in [0.4, 0.5) is 23.4 Å². The number of rotatable bonds is 3. The largest absolute Gasteiger partial charge is 0.416 e. The first kappa shape index (κ1) is 18.0. The van der Waals surface area contributed by atoms with Crippen LogP contribution < -0.4 is 5.32 Å². The number of aryl methyl sites for hydroxylation is 1. The van der Waals surface area contributed by atoms with Gasteiger partial charge in [-0.1, -0.05) is 12.1 Å². The molecule has 2 heterocycles. The minimum absolute atomic E-state index is 0.142. The van der Waals surface area contributed by atoms with Crippen molar-refractivity contribution in [2.45, 2.75) is 33.0 Å². The molecular formula is C18H16F4N4. The number of hydrogen-bond donors (Lipinski definition) is 1. The molecule has 0 radical (unpaired) electrons. The van der Waals surface area contributed by atoms with Gasteiger partial charge in [0.1, 0.15) is 11.6 Å². The lowest BCUT2D eigenvalue weighted by Gasteiger charge is -2.21. The summed E-state index contributed by atoms with van der Waals surface area (Å²) in [6.07, 6.45) is -3.13. The quantitative estimate of drug-likeness (QED) is 0.526. The maximum Gasteiger partial charge on any atom is 0.416 e. The molecular weight excluding hydrogens is 348 g/mol. The third kappa shape index (κ3) is 3.44. The predicted molar refractivity (Wildman–Crippen MR) is 90.2 cm³/mol. The minimum Gasteiger partial charge on any atom is -0.363 e. The van der Waals surface area contributed by atoms with Crippen LogP contribution in [0.3, 0.4) is 0 Å². The van der Waals surface area contributed by atoms with Gasteiger partial charge in [-0.15, -0.1) is 0 Å². The van der Waals surface area contributed by atoms with E-state index in [2.05, 4.69) is 20.3 Å². The van der Waals surface area contributed by atoms with Crippen molar-refractivity contribution in [2.75, 3.05) is 5.32 Å². The summed E-state index contributed by atoms with van der Waals surface area (Å²) in [5.41, 5.74) is 0.402. The summed E-state index contributed by atoms with van der Waals surface area (Å²) in [6, 6.07) is 4.77. The van der Waals surface area contributed by atoms with Gasteiger partial charge in [0.05, 0.1) is 23.3 Å². The van der Waals surface area contributed by atoms with Crippen molar-refractivity contribution >= 4 is 16.7 Å². The highest BCUT2D eigenvalue weighted by atomic mass is 19.4. The Bertz CT molecular complexity index is 969. The second-order valence-electron chi connectivity index (χ2n) is 6.03. The fourth-order valence-electron chi connectivity index (χ4n) is 2.95. The number of aromatic nitrogens is 3. The van der Waals surface area contributed by atoms with Crippen LogP contribution in [0.2, 0.25) is 0 Å². The molecule has 8 heteroatoms. The molecule has 3 aromatic rings. The van der Waals surface area contributed by atoms with Crippen LogP contribution in [0.25, 0.3) is 10.9 Å². The summed E-state index contributed by atoms with van der Waals surface area (Å²) in [5.74, 6) is 0.107. The molecule has 0 bridgehead atoms. The first-order chi connectivity index (χ1) is 12.2. The molecule has 1 atom stereocenters. The molecule has 26 heavy (non-hydrogen) atoms. The van der Waals surface area contributed by atoms with Crippen LogP contribution >= 0.6 is 0 Å². The third-order valence-corrected chi connectivity index (χ3v) is 4.16. The van der Waals surface area contributed by atoms with Crippen LogP contribution in [0.15, 0.2) is 30.5 Å². The second kappa shape index (κ2) is 6.51. The molecule has 136 valence electrons. The Hall–Kier alpha value is -2.77. The molecule has 0 saturated heterocycles. The number of benzene rings is 1. The Morgan fingerprint density at radius 2 is 1.85 bits per heavy atom. The number of halogens is 4. The number of hydrogen-bond acceptors (Lipinski definition) is 4. The van der Waals surface area contributed by atoms with E-state index in [0.717, 1.165) is 6.07 Å². The smallest absolute Gasteiger partial charge is 0.363 e. The van der Waals surface area contributed by atoms with Crippen molar-refractivity contribution in [1.82, 2.24) is 15.0 Å². The van der Waals surface area contributed by atoms with Crippen LogP contribution in [0.1, 0.15) is 35.5 Å². The van der Waals surface area contributed by atoms with E-state index in [-0.39, 0.29) is 5.56 Å². The standard InChI is InChI=1S/C18H16F4N4/c1-9-12(5-4-6-14(9)18(20,21)22)10(2)24-17-13-7-16(19)23-8-15(13)25-11(3)26-17/h4-8,10H,1-3H3,(H,24,25,26). The summed E-state index contributed by atoms with van der Waals surface area (Å²) < 4.78 is 52.9. The normalized spacial score (nSPS) is 13.0. The number of nitrogens with zero attached hydrogens (tertiary/aromatic N) is 3.